The lowest BCUT2D eigenvalue weighted by molar-refractivity contribution is -0.140. The lowest BCUT2D eigenvalue weighted by Crippen LogP contribution is -2.54. The fourth-order valence-corrected chi connectivity index (χ4v) is 11.1. The van der Waals surface area contributed by atoms with Crippen molar-refractivity contribution in [1.29, 1.82) is 0 Å². The largest absolute Gasteiger partial charge is 0.445 e. The molecule has 3 saturated carbocycles. The van der Waals surface area contributed by atoms with Gasteiger partial charge in [-0.25, -0.2) is 4.79 Å². The molecule has 4 aliphatic carbocycles. The summed E-state index contributed by atoms with van der Waals surface area (Å²) in [6.45, 7) is 10.3. The maximum atomic E-state index is 13.5. The Hall–Kier alpha value is -2.47. The quantitative estimate of drug-likeness (QED) is 0.213. The van der Waals surface area contributed by atoms with Gasteiger partial charge in [0.2, 0.25) is 0 Å². The zero-order valence-electron chi connectivity index (χ0n) is 26.4. The molecule has 1 aromatic carbocycles. The molecule has 6 heteroatoms. The number of allylic oxidation sites excluding steroid dienone is 1. The summed E-state index contributed by atoms with van der Waals surface area (Å²) >= 11 is 0. The molecule has 1 unspecified atom stereocenters. The summed E-state index contributed by atoms with van der Waals surface area (Å²) in [5.74, 6) is 2.53. The predicted molar refractivity (Wildman–Crippen MR) is 164 cm³/mol. The fourth-order valence-electron chi connectivity index (χ4n) is 11.1. The molecule has 1 aromatic rings. The fraction of sp³-hybridized carbons (Fsp3) is 0.703. The second kappa shape index (κ2) is 10.9. The van der Waals surface area contributed by atoms with Crippen LogP contribution in [0, 0.1) is 46.8 Å². The van der Waals surface area contributed by atoms with Gasteiger partial charge in [0.15, 0.2) is 0 Å². The molecule has 0 bridgehead atoms. The molecule has 232 valence electrons. The van der Waals surface area contributed by atoms with E-state index in [2.05, 4.69) is 27.7 Å². The van der Waals surface area contributed by atoms with E-state index in [1.54, 1.807) is 5.57 Å². The molecular formula is C37H49NO5. The molecule has 7 rings (SSSR count). The van der Waals surface area contributed by atoms with Crippen LogP contribution in [-0.4, -0.2) is 47.4 Å². The van der Waals surface area contributed by atoms with Crippen LogP contribution in [-0.2, 0) is 25.7 Å². The number of ether oxygens (including phenoxy) is 2. The van der Waals surface area contributed by atoms with Crippen LogP contribution in [0.2, 0.25) is 0 Å². The van der Waals surface area contributed by atoms with E-state index in [-0.39, 0.29) is 41.0 Å². The molecule has 2 heterocycles. The second-order valence-corrected chi connectivity index (χ2v) is 15.5. The molecule has 6 nitrogen and oxygen atoms in total. The van der Waals surface area contributed by atoms with Gasteiger partial charge in [0.25, 0.3) is 0 Å². The highest BCUT2D eigenvalue weighted by Crippen LogP contribution is 2.65. The summed E-state index contributed by atoms with van der Waals surface area (Å²) in [6.07, 6.45) is 9.56. The van der Waals surface area contributed by atoms with E-state index in [4.69, 9.17) is 9.47 Å². The lowest BCUT2D eigenvalue weighted by atomic mass is 9.51. The first-order valence-electron chi connectivity index (χ1n) is 16.9. The van der Waals surface area contributed by atoms with Crippen molar-refractivity contribution in [2.75, 3.05) is 6.54 Å². The van der Waals surface area contributed by atoms with Crippen LogP contribution in [0.4, 0.5) is 4.79 Å². The minimum absolute atomic E-state index is 0.0392. The predicted octanol–water partition coefficient (Wildman–Crippen LogP) is 7.15. The summed E-state index contributed by atoms with van der Waals surface area (Å²) in [6, 6.07) is 9.96. The number of benzene rings is 1. The number of likely N-dealkylation sites (tertiary alicyclic amines) is 1. The average Bonchev–Trinajstić information content (AvgIpc) is 3.46. The molecular weight excluding hydrogens is 538 g/mol. The van der Waals surface area contributed by atoms with E-state index in [1.165, 1.54) is 12.0 Å². The number of Topliss-reactive ketones (excluding diaryl/α,β-unsaturated/α-hetero) is 1. The highest BCUT2D eigenvalue weighted by molar-refractivity contribution is 5.94. The van der Waals surface area contributed by atoms with Crippen LogP contribution in [0.1, 0.15) is 91.0 Å². The molecule has 0 aromatic heterocycles. The number of hydrogen-bond acceptors (Lipinski definition) is 5. The third-order valence-corrected chi connectivity index (χ3v) is 13.3. The van der Waals surface area contributed by atoms with E-state index in [1.807, 2.05) is 35.2 Å². The van der Waals surface area contributed by atoms with Gasteiger partial charge in [-0.3, -0.25) is 4.79 Å². The smallest absolute Gasteiger partial charge is 0.410 e. The zero-order valence-corrected chi connectivity index (χ0v) is 26.4. The number of fused-ring (bicyclic) bond motifs is 6. The van der Waals surface area contributed by atoms with Gasteiger partial charge in [0.05, 0.1) is 23.7 Å². The average molecular weight is 588 g/mol. The second-order valence-electron chi connectivity index (χ2n) is 15.5. The monoisotopic (exact) mass is 587 g/mol. The normalized spacial score (nSPS) is 43.9. The van der Waals surface area contributed by atoms with E-state index in [0.717, 1.165) is 63.3 Å². The van der Waals surface area contributed by atoms with Gasteiger partial charge < -0.3 is 19.2 Å². The number of hydrogen-bond donors (Lipinski definition) is 0. The number of amides is 1. The Labute approximate surface area is 256 Å². The van der Waals surface area contributed by atoms with Crippen molar-refractivity contribution in [3.63, 3.8) is 0 Å². The van der Waals surface area contributed by atoms with Crippen molar-refractivity contribution in [1.82, 2.24) is 4.90 Å². The van der Waals surface area contributed by atoms with Crippen molar-refractivity contribution in [2.24, 2.45) is 46.8 Å². The Balaban J connectivity index is 1.11. The first kappa shape index (κ1) is 29.3. The summed E-state index contributed by atoms with van der Waals surface area (Å²) in [7, 11) is 0. The Bertz CT molecular complexity index is 1310. The van der Waals surface area contributed by atoms with Crippen molar-refractivity contribution in [3.05, 3.63) is 47.0 Å². The lowest BCUT2D eigenvalue weighted by Gasteiger charge is -2.53. The molecule has 43 heavy (non-hydrogen) atoms. The molecule has 11 atom stereocenters. The molecule has 1 amide bonds. The van der Waals surface area contributed by atoms with Crippen LogP contribution in [0.15, 0.2) is 41.5 Å². The van der Waals surface area contributed by atoms with E-state index >= 15 is 0 Å². The maximum absolute atomic E-state index is 13.5. The first-order chi connectivity index (χ1) is 20.6. The highest BCUT2D eigenvalue weighted by atomic mass is 16.6. The van der Waals surface area contributed by atoms with E-state index in [0.29, 0.717) is 42.6 Å². The van der Waals surface area contributed by atoms with Gasteiger partial charge >= 0.3 is 6.09 Å². The van der Waals surface area contributed by atoms with Gasteiger partial charge in [0, 0.05) is 18.9 Å². The standard InChI is InChI=1S/C37H49NO5/c1-22-14-33-34(38(19-22)35(41)42-21-25-8-6-5-7-9-25)24(3)37(43-33)13-12-28-29-11-10-27-15-32(40)26(20-39)18-36(27,4)31(29)16-30(28)23(2)17-37/h5-9,20,22,24,26-29,31,33-34H,10-19,21H2,1-4H3/t22-,24+,26?,27+,28-,29-,31-,33+,34-,36-,37-/m0/s1. The summed E-state index contributed by atoms with van der Waals surface area (Å²) in [4.78, 5) is 40.0. The summed E-state index contributed by atoms with van der Waals surface area (Å²) < 4.78 is 13.0. The van der Waals surface area contributed by atoms with Gasteiger partial charge in [-0.05, 0) is 98.9 Å². The Morgan fingerprint density at radius 2 is 1.93 bits per heavy atom. The molecule has 2 saturated heterocycles. The van der Waals surface area contributed by atoms with Crippen LogP contribution in [0.5, 0.6) is 0 Å². The number of aldehydes is 1. The summed E-state index contributed by atoms with van der Waals surface area (Å²) in [5.41, 5.74) is 3.96. The zero-order chi connectivity index (χ0) is 30.1. The minimum atomic E-state index is -0.412. The van der Waals surface area contributed by atoms with Gasteiger partial charge in [-0.2, -0.15) is 0 Å². The Morgan fingerprint density at radius 1 is 1.14 bits per heavy atom. The number of ketones is 1. The minimum Gasteiger partial charge on any atom is -0.445 e. The number of carbonyl (C=O) groups is 3. The molecule has 2 aliphatic heterocycles. The molecule has 1 spiro atoms. The SMILES string of the molecule is CC1=C2C[C@H]3[C@@H](CC[C@@H]4CC(=O)C(C=O)C[C@@]43C)[C@@H]2CC[C@@]2(C1)O[C@@H]1C[C@H](C)CN(C(=O)OCc3ccccc3)[C@H]1[C@H]2C. The van der Waals surface area contributed by atoms with Crippen LogP contribution < -0.4 is 0 Å². The highest BCUT2D eigenvalue weighted by Gasteiger charge is 2.61. The molecule has 5 fully saturated rings. The van der Waals surface area contributed by atoms with Crippen molar-refractivity contribution in [3.8, 4) is 0 Å². The number of piperidine rings is 1. The first-order valence-corrected chi connectivity index (χ1v) is 16.9. The Morgan fingerprint density at radius 3 is 2.70 bits per heavy atom. The van der Waals surface area contributed by atoms with E-state index in [9.17, 15) is 14.4 Å². The van der Waals surface area contributed by atoms with Crippen molar-refractivity contribution < 1.29 is 23.9 Å². The number of carbonyl (C=O) groups excluding carboxylic acids is 3. The summed E-state index contributed by atoms with van der Waals surface area (Å²) in [5, 5.41) is 0. The third-order valence-electron chi connectivity index (χ3n) is 13.3. The maximum Gasteiger partial charge on any atom is 0.410 e. The third kappa shape index (κ3) is 4.73. The Kier molecular flexibility index (Phi) is 7.38. The van der Waals surface area contributed by atoms with Gasteiger partial charge in [0.1, 0.15) is 18.7 Å². The topological polar surface area (TPSA) is 72.9 Å². The van der Waals surface area contributed by atoms with Crippen LogP contribution in [0.3, 0.4) is 0 Å². The molecule has 0 N–H and O–H groups in total. The molecule has 6 aliphatic rings. The number of rotatable bonds is 3. The van der Waals surface area contributed by atoms with Crippen molar-refractivity contribution >= 4 is 18.2 Å². The van der Waals surface area contributed by atoms with E-state index < -0.39 is 5.92 Å². The van der Waals surface area contributed by atoms with Crippen molar-refractivity contribution in [2.45, 2.75) is 110 Å². The number of nitrogens with zero attached hydrogens (tertiary/aromatic N) is 1. The van der Waals surface area contributed by atoms with Gasteiger partial charge in [-0.1, -0.05) is 62.2 Å². The van der Waals surface area contributed by atoms with Gasteiger partial charge in [-0.15, -0.1) is 0 Å². The van der Waals surface area contributed by atoms with Crippen LogP contribution >= 0.6 is 0 Å². The van der Waals surface area contributed by atoms with Crippen LogP contribution in [0.25, 0.3) is 0 Å². The molecule has 0 radical (unpaired) electrons.